The molecule has 1 heterocycles. The van der Waals surface area contributed by atoms with E-state index in [1.54, 1.807) is 36.3 Å². The topological polar surface area (TPSA) is 108 Å². The van der Waals surface area contributed by atoms with Gasteiger partial charge >= 0.3 is 0 Å². The lowest BCUT2D eigenvalue weighted by molar-refractivity contribution is -0.106. The highest BCUT2D eigenvalue weighted by Gasteiger charge is 2.37. The number of nitriles is 1. The van der Waals surface area contributed by atoms with E-state index >= 15 is 4.39 Å². The van der Waals surface area contributed by atoms with Crippen LogP contribution in [0.15, 0.2) is 42.5 Å². The molecule has 1 saturated heterocycles. The summed E-state index contributed by atoms with van der Waals surface area (Å²) in [6.45, 7) is 3.94. The number of nitrogens with two attached hydrogens (primary N) is 1. The minimum Gasteiger partial charge on any atom is -0.383 e. The van der Waals surface area contributed by atoms with Gasteiger partial charge in [0.1, 0.15) is 5.67 Å². The van der Waals surface area contributed by atoms with Crippen LogP contribution >= 0.6 is 0 Å². The number of likely N-dealkylation sites (tertiary alicyclic amines) is 1. The van der Waals surface area contributed by atoms with E-state index in [9.17, 15) is 4.79 Å². The van der Waals surface area contributed by atoms with Gasteiger partial charge in [-0.2, -0.15) is 5.26 Å². The molecule has 0 unspecified atom stereocenters. The Morgan fingerprint density at radius 1 is 1.28 bits per heavy atom. The predicted molar refractivity (Wildman–Crippen MR) is 121 cm³/mol. The molecule has 1 aliphatic heterocycles. The lowest BCUT2D eigenvalue weighted by atomic mass is 9.85. The molecule has 0 saturated carbocycles. The third-order valence-electron chi connectivity index (χ3n) is 5.48. The molecule has 0 radical (unpaired) electrons. The number of ether oxygens (including phenoxy) is 1. The largest absolute Gasteiger partial charge is 0.383 e. The number of amides is 2. The molecule has 0 atom stereocenters. The van der Waals surface area contributed by atoms with Crippen molar-refractivity contribution in [2.75, 3.05) is 38.7 Å². The van der Waals surface area contributed by atoms with E-state index in [4.69, 9.17) is 14.8 Å². The molecule has 1 aliphatic rings. The summed E-state index contributed by atoms with van der Waals surface area (Å²) < 4.78 is 20.5. The Labute approximate surface area is 188 Å². The molecule has 3 N–H and O–H groups in total. The van der Waals surface area contributed by atoms with Crippen molar-refractivity contribution in [3.63, 3.8) is 0 Å². The van der Waals surface area contributed by atoms with Gasteiger partial charge in [-0.25, -0.2) is 4.39 Å². The number of benzene rings is 2. The van der Waals surface area contributed by atoms with Crippen molar-refractivity contribution in [3.8, 4) is 6.07 Å². The Bertz CT molecular complexity index is 949. The molecule has 2 aromatic rings. The molecule has 1 fully saturated rings. The second-order valence-corrected chi connectivity index (χ2v) is 7.53. The van der Waals surface area contributed by atoms with E-state index in [1.165, 1.54) is 0 Å². The second-order valence-electron chi connectivity index (χ2n) is 7.53. The number of methoxy groups -OCH3 is 1. The number of primary amides is 1. The molecule has 0 aliphatic carbocycles. The zero-order valence-corrected chi connectivity index (χ0v) is 18.4. The summed E-state index contributed by atoms with van der Waals surface area (Å²) in [5.41, 5.74) is 6.34. The smallest absolute Gasteiger partial charge is 0.253 e. The Hall–Kier alpha value is -3.44. The first-order chi connectivity index (χ1) is 15.4. The minimum absolute atomic E-state index is 0.0818. The third kappa shape index (κ3) is 6.28. The van der Waals surface area contributed by atoms with E-state index in [0.29, 0.717) is 42.9 Å². The number of piperidine rings is 1. The molecule has 170 valence electrons. The van der Waals surface area contributed by atoms with Crippen molar-refractivity contribution in [1.82, 2.24) is 4.90 Å². The summed E-state index contributed by atoms with van der Waals surface area (Å²) in [4.78, 5) is 23.2. The fourth-order valence-corrected chi connectivity index (χ4v) is 3.61. The Morgan fingerprint density at radius 2 is 1.91 bits per heavy atom. The van der Waals surface area contributed by atoms with E-state index in [1.807, 2.05) is 31.2 Å². The Balaban J connectivity index is 0.00000114. The Kier molecular flexibility index (Phi) is 9.17. The monoisotopic (exact) mass is 440 g/mol. The van der Waals surface area contributed by atoms with Crippen LogP contribution in [0.5, 0.6) is 0 Å². The zero-order chi connectivity index (χ0) is 23.6. The van der Waals surface area contributed by atoms with Crippen molar-refractivity contribution in [2.24, 2.45) is 5.73 Å². The van der Waals surface area contributed by atoms with Crippen molar-refractivity contribution < 1.29 is 18.7 Å². The summed E-state index contributed by atoms with van der Waals surface area (Å²) in [6.07, 6.45) is 0.741. The maximum atomic E-state index is 15.4. The first-order valence-electron chi connectivity index (χ1n) is 10.4. The van der Waals surface area contributed by atoms with Gasteiger partial charge < -0.3 is 20.7 Å². The van der Waals surface area contributed by atoms with Crippen LogP contribution in [-0.4, -0.2) is 50.6 Å². The number of carbonyl (C=O) groups excluding carboxylic acids is 2. The third-order valence-corrected chi connectivity index (χ3v) is 5.48. The fourth-order valence-electron chi connectivity index (χ4n) is 3.61. The van der Waals surface area contributed by atoms with Crippen molar-refractivity contribution in [2.45, 2.75) is 25.4 Å². The van der Waals surface area contributed by atoms with E-state index < -0.39 is 5.67 Å². The number of halogens is 1. The van der Waals surface area contributed by atoms with Gasteiger partial charge in [0.15, 0.2) is 0 Å². The number of rotatable bonds is 6. The number of carbonyl (C=O) groups is 2. The number of nitrogens with one attached hydrogen (secondary N) is 1. The average Bonchev–Trinajstić information content (AvgIpc) is 2.81. The van der Waals surface area contributed by atoms with Gasteiger partial charge in [0, 0.05) is 50.8 Å². The normalized spacial score (nSPS) is 14.5. The molecule has 2 amide bonds. The van der Waals surface area contributed by atoms with Crippen LogP contribution in [0.3, 0.4) is 0 Å². The molecule has 0 spiro atoms. The van der Waals surface area contributed by atoms with Crippen LogP contribution in [0.4, 0.5) is 10.1 Å². The van der Waals surface area contributed by atoms with E-state index in [-0.39, 0.29) is 25.2 Å². The quantitative estimate of drug-likeness (QED) is 0.530. The number of aryl methyl sites for hydroxylation is 1. The molecule has 0 aromatic heterocycles. The van der Waals surface area contributed by atoms with Crippen LogP contribution in [0, 0.1) is 18.3 Å². The van der Waals surface area contributed by atoms with Gasteiger partial charge in [-0.15, -0.1) is 0 Å². The number of hydrogen-bond acceptors (Lipinski definition) is 5. The highest BCUT2D eigenvalue weighted by Crippen LogP contribution is 2.37. The number of anilines is 1. The summed E-state index contributed by atoms with van der Waals surface area (Å²) in [5, 5.41) is 12.2. The summed E-state index contributed by atoms with van der Waals surface area (Å²) >= 11 is 0. The van der Waals surface area contributed by atoms with Crippen LogP contribution < -0.4 is 11.1 Å². The lowest BCUT2D eigenvalue weighted by Gasteiger charge is -2.37. The van der Waals surface area contributed by atoms with Crippen molar-refractivity contribution in [1.29, 1.82) is 5.26 Å². The molecule has 32 heavy (non-hydrogen) atoms. The lowest BCUT2D eigenvalue weighted by Crippen LogP contribution is -2.43. The number of nitrogens with zero attached hydrogens (tertiary/aromatic N) is 2. The van der Waals surface area contributed by atoms with Crippen LogP contribution in [0.25, 0.3) is 0 Å². The van der Waals surface area contributed by atoms with Gasteiger partial charge in [-0.1, -0.05) is 18.2 Å². The summed E-state index contributed by atoms with van der Waals surface area (Å²) in [5.74, 6) is -0.0818. The minimum atomic E-state index is -1.47. The number of alkyl halides is 1. The molecular weight excluding hydrogens is 411 g/mol. The highest BCUT2D eigenvalue weighted by atomic mass is 19.1. The van der Waals surface area contributed by atoms with Gasteiger partial charge in [0.05, 0.1) is 18.2 Å². The zero-order valence-electron chi connectivity index (χ0n) is 18.4. The molecule has 3 rings (SSSR count). The van der Waals surface area contributed by atoms with Crippen LogP contribution in [0.2, 0.25) is 0 Å². The standard InChI is InChI=1S/C23H26FN3O2.CH3NO/c1-17-3-6-19(15-21(17)26-11-14-29-2)22(28)27-12-9-23(24,10-13-27)20-7-4-18(16-25)5-8-20;2-1-3/h3-8,15,26H,9-14H2,1-2H3;1H,(H2,2,3). The van der Waals surface area contributed by atoms with Crippen LogP contribution in [0.1, 0.15) is 39.9 Å². The summed E-state index contributed by atoms with van der Waals surface area (Å²) in [7, 11) is 1.65. The van der Waals surface area contributed by atoms with Crippen molar-refractivity contribution in [3.05, 3.63) is 64.7 Å². The summed E-state index contributed by atoms with van der Waals surface area (Å²) in [6, 6.07) is 14.3. The first-order valence-corrected chi connectivity index (χ1v) is 10.4. The van der Waals surface area contributed by atoms with Gasteiger partial charge in [-0.3, -0.25) is 9.59 Å². The fraction of sp³-hybridized carbons (Fsp3) is 0.375. The second kappa shape index (κ2) is 11.8. The molecule has 7 nitrogen and oxygen atoms in total. The van der Waals surface area contributed by atoms with Gasteiger partial charge in [0.2, 0.25) is 6.41 Å². The Morgan fingerprint density at radius 3 is 2.47 bits per heavy atom. The average molecular weight is 441 g/mol. The number of hydrogen-bond donors (Lipinski definition) is 2. The molecular formula is C24H29FN4O3. The molecule has 0 bridgehead atoms. The molecule has 2 aromatic carbocycles. The van der Waals surface area contributed by atoms with Gasteiger partial charge in [0.25, 0.3) is 5.91 Å². The highest BCUT2D eigenvalue weighted by molar-refractivity contribution is 5.95. The maximum Gasteiger partial charge on any atom is 0.253 e. The van der Waals surface area contributed by atoms with Crippen LogP contribution in [-0.2, 0) is 15.2 Å². The SMILES string of the molecule is COCCNc1cc(C(=O)N2CCC(F)(c3ccc(C#N)cc3)CC2)ccc1C.NC=O. The van der Waals surface area contributed by atoms with Gasteiger partial charge in [-0.05, 0) is 42.3 Å². The maximum absolute atomic E-state index is 15.4. The predicted octanol–water partition coefficient (Wildman–Crippen LogP) is 3.13. The molecule has 8 heteroatoms. The van der Waals surface area contributed by atoms with E-state index in [2.05, 4.69) is 11.1 Å². The first kappa shape index (κ1) is 24.8. The van der Waals surface area contributed by atoms with E-state index in [0.717, 1.165) is 11.3 Å². The van der Waals surface area contributed by atoms with Crippen molar-refractivity contribution >= 4 is 18.0 Å².